The average molecular weight is 395 g/mol. The van der Waals surface area contributed by atoms with E-state index in [-0.39, 0.29) is 36.8 Å². The minimum absolute atomic E-state index is 0.0402. The van der Waals surface area contributed by atoms with Gasteiger partial charge in [0.1, 0.15) is 24.5 Å². The van der Waals surface area contributed by atoms with Gasteiger partial charge < -0.3 is 19.6 Å². The van der Waals surface area contributed by atoms with Crippen LogP contribution in [0.3, 0.4) is 0 Å². The number of ether oxygens (including phenoxy) is 1. The topological polar surface area (TPSA) is 106 Å². The molecular formula is C22H21NO6. The van der Waals surface area contributed by atoms with Crippen LogP contribution in [0.1, 0.15) is 23.6 Å². The first-order chi connectivity index (χ1) is 14.0. The summed E-state index contributed by atoms with van der Waals surface area (Å²) in [5, 5.41) is 13.0. The summed E-state index contributed by atoms with van der Waals surface area (Å²) in [6.45, 7) is 1.47. The lowest BCUT2D eigenvalue weighted by molar-refractivity contribution is -0.145. The fourth-order valence-electron chi connectivity index (χ4n) is 2.93. The summed E-state index contributed by atoms with van der Waals surface area (Å²) >= 11 is 0. The third-order valence-corrected chi connectivity index (χ3v) is 4.44. The molecule has 2 aromatic carbocycles. The molecular weight excluding hydrogens is 374 g/mol. The van der Waals surface area contributed by atoms with E-state index in [1.165, 1.54) is 12.1 Å². The monoisotopic (exact) mass is 395 g/mol. The second-order valence-electron chi connectivity index (χ2n) is 6.52. The molecule has 0 radical (unpaired) electrons. The summed E-state index contributed by atoms with van der Waals surface area (Å²) in [7, 11) is 0. The molecule has 150 valence electrons. The standard InChI is InChI=1S/C22H21NO6/c1-2-15-9-17-16(10-21(26)29-19(17)11-18(15)24)13-28-22(27)12-23-20(25)8-14-6-4-3-5-7-14/h3-7,9-11,24H,2,8,12-13H2,1H3,(H,23,25). The maximum Gasteiger partial charge on any atom is 0.336 e. The summed E-state index contributed by atoms with van der Waals surface area (Å²) in [5.74, 6) is -0.872. The number of aryl methyl sites for hydroxylation is 1. The van der Waals surface area contributed by atoms with Crippen molar-refractivity contribution in [2.24, 2.45) is 0 Å². The van der Waals surface area contributed by atoms with Gasteiger partial charge in [0.25, 0.3) is 0 Å². The van der Waals surface area contributed by atoms with E-state index < -0.39 is 11.6 Å². The first-order valence-electron chi connectivity index (χ1n) is 9.21. The second kappa shape index (κ2) is 9.05. The van der Waals surface area contributed by atoms with E-state index in [0.29, 0.717) is 22.9 Å². The molecule has 0 saturated heterocycles. The average Bonchev–Trinajstić information content (AvgIpc) is 2.70. The number of benzene rings is 2. The molecule has 0 unspecified atom stereocenters. The van der Waals surface area contributed by atoms with E-state index in [9.17, 15) is 19.5 Å². The molecule has 0 saturated carbocycles. The van der Waals surface area contributed by atoms with Crippen LogP contribution in [-0.4, -0.2) is 23.5 Å². The molecule has 1 amide bonds. The molecule has 0 bridgehead atoms. The van der Waals surface area contributed by atoms with E-state index in [0.717, 1.165) is 5.56 Å². The number of phenols is 1. The highest BCUT2D eigenvalue weighted by Crippen LogP contribution is 2.27. The van der Waals surface area contributed by atoms with Crippen LogP contribution in [0.4, 0.5) is 0 Å². The lowest BCUT2D eigenvalue weighted by atomic mass is 10.0. The largest absolute Gasteiger partial charge is 0.508 e. The minimum atomic E-state index is -0.623. The number of nitrogens with one attached hydrogen (secondary N) is 1. The van der Waals surface area contributed by atoms with Crippen LogP contribution in [0.25, 0.3) is 11.0 Å². The zero-order valence-electron chi connectivity index (χ0n) is 15.9. The predicted molar refractivity (Wildman–Crippen MR) is 106 cm³/mol. The van der Waals surface area contributed by atoms with Gasteiger partial charge in [-0.1, -0.05) is 37.3 Å². The number of esters is 1. The summed E-state index contributed by atoms with van der Waals surface area (Å²) in [6.07, 6.45) is 0.759. The first kappa shape index (κ1) is 20.1. The van der Waals surface area contributed by atoms with E-state index in [4.69, 9.17) is 9.15 Å². The highest BCUT2D eigenvalue weighted by molar-refractivity contribution is 5.84. The fourth-order valence-corrected chi connectivity index (χ4v) is 2.93. The van der Waals surface area contributed by atoms with Gasteiger partial charge in [0, 0.05) is 23.1 Å². The Balaban J connectivity index is 1.62. The maximum atomic E-state index is 12.0. The third-order valence-electron chi connectivity index (χ3n) is 4.44. The molecule has 7 heteroatoms. The predicted octanol–water partition coefficient (Wildman–Crippen LogP) is 2.46. The zero-order chi connectivity index (χ0) is 20.8. The van der Waals surface area contributed by atoms with Gasteiger partial charge in [-0.15, -0.1) is 0 Å². The van der Waals surface area contributed by atoms with Gasteiger partial charge in [0.15, 0.2) is 0 Å². The molecule has 0 aliphatic carbocycles. The molecule has 1 heterocycles. The SMILES string of the molecule is CCc1cc2c(COC(=O)CNC(=O)Cc3ccccc3)cc(=O)oc2cc1O. The lowest BCUT2D eigenvalue weighted by Gasteiger charge is -2.10. The van der Waals surface area contributed by atoms with Crippen LogP contribution in [0.15, 0.2) is 57.7 Å². The van der Waals surface area contributed by atoms with Crippen molar-refractivity contribution in [3.05, 3.63) is 75.6 Å². The molecule has 0 spiro atoms. The number of amides is 1. The number of rotatable bonds is 7. The molecule has 2 N–H and O–H groups in total. The van der Waals surface area contributed by atoms with Gasteiger partial charge in [-0.25, -0.2) is 4.79 Å². The van der Waals surface area contributed by atoms with Crippen molar-refractivity contribution in [3.63, 3.8) is 0 Å². The van der Waals surface area contributed by atoms with E-state index in [1.54, 1.807) is 6.07 Å². The molecule has 0 aliphatic heterocycles. The van der Waals surface area contributed by atoms with Crippen molar-refractivity contribution in [1.29, 1.82) is 0 Å². The first-order valence-corrected chi connectivity index (χ1v) is 9.21. The Bertz CT molecular complexity index is 1090. The van der Waals surface area contributed by atoms with Crippen LogP contribution in [-0.2, 0) is 33.8 Å². The van der Waals surface area contributed by atoms with Crippen molar-refractivity contribution in [3.8, 4) is 5.75 Å². The summed E-state index contributed by atoms with van der Waals surface area (Å²) in [4.78, 5) is 35.7. The van der Waals surface area contributed by atoms with Gasteiger partial charge in [-0.2, -0.15) is 0 Å². The Morgan fingerprint density at radius 3 is 2.59 bits per heavy atom. The normalized spacial score (nSPS) is 10.7. The Labute approximate surface area is 166 Å². The Morgan fingerprint density at radius 1 is 1.10 bits per heavy atom. The zero-order valence-corrected chi connectivity index (χ0v) is 15.9. The number of hydrogen-bond donors (Lipinski definition) is 2. The molecule has 0 atom stereocenters. The van der Waals surface area contributed by atoms with Crippen molar-refractivity contribution in [2.75, 3.05) is 6.54 Å². The van der Waals surface area contributed by atoms with Gasteiger partial charge in [0.05, 0.1) is 6.42 Å². The summed E-state index contributed by atoms with van der Waals surface area (Å²) in [6, 6.07) is 13.5. The van der Waals surface area contributed by atoms with Crippen LogP contribution in [0.2, 0.25) is 0 Å². The second-order valence-corrected chi connectivity index (χ2v) is 6.52. The van der Waals surface area contributed by atoms with E-state index in [1.807, 2.05) is 37.3 Å². The van der Waals surface area contributed by atoms with Crippen molar-refractivity contribution < 1.29 is 23.8 Å². The Morgan fingerprint density at radius 2 is 1.86 bits per heavy atom. The van der Waals surface area contributed by atoms with E-state index in [2.05, 4.69) is 5.32 Å². The summed E-state index contributed by atoms with van der Waals surface area (Å²) < 4.78 is 10.3. The van der Waals surface area contributed by atoms with Crippen molar-refractivity contribution in [1.82, 2.24) is 5.32 Å². The molecule has 29 heavy (non-hydrogen) atoms. The molecule has 1 aromatic heterocycles. The van der Waals surface area contributed by atoms with Crippen LogP contribution in [0, 0.1) is 0 Å². The van der Waals surface area contributed by atoms with Gasteiger partial charge in [-0.3, -0.25) is 9.59 Å². The van der Waals surface area contributed by atoms with Crippen LogP contribution in [0.5, 0.6) is 5.75 Å². The number of fused-ring (bicyclic) bond motifs is 1. The van der Waals surface area contributed by atoms with Crippen LogP contribution >= 0.6 is 0 Å². The van der Waals surface area contributed by atoms with E-state index >= 15 is 0 Å². The quantitative estimate of drug-likeness (QED) is 0.470. The Kier molecular flexibility index (Phi) is 6.29. The highest BCUT2D eigenvalue weighted by atomic mass is 16.5. The van der Waals surface area contributed by atoms with Crippen molar-refractivity contribution in [2.45, 2.75) is 26.4 Å². The third kappa shape index (κ3) is 5.22. The minimum Gasteiger partial charge on any atom is -0.508 e. The number of aromatic hydroxyl groups is 1. The van der Waals surface area contributed by atoms with Gasteiger partial charge in [0.2, 0.25) is 5.91 Å². The lowest BCUT2D eigenvalue weighted by Crippen LogP contribution is -2.31. The number of carbonyl (C=O) groups is 2. The molecule has 0 fully saturated rings. The number of hydrogen-bond acceptors (Lipinski definition) is 6. The highest BCUT2D eigenvalue weighted by Gasteiger charge is 2.13. The molecule has 0 aliphatic rings. The number of phenolic OH excluding ortho intramolecular Hbond substituents is 1. The Hall–Kier alpha value is -3.61. The van der Waals surface area contributed by atoms with Crippen LogP contribution < -0.4 is 10.9 Å². The maximum absolute atomic E-state index is 12.0. The molecule has 3 rings (SSSR count). The summed E-state index contributed by atoms with van der Waals surface area (Å²) in [5.41, 5.74) is 1.61. The fraction of sp³-hybridized carbons (Fsp3) is 0.227. The van der Waals surface area contributed by atoms with Crippen molar-refractivity contribution >= 4 is 22.8 Å². The molecule has 7 nitrogen and oxygen atoms in total. The van der Waals surface area contributed by atoms with Gasteiger partial charge in [-0.05, 0) is 23.6 Å². The number of carbonyl (C=O) groups excluding carboxylic acids is 2. The molecule has 3 aromatic rings. The smallest absolute Gasteiger partial charge is 0.336 e. The van der Waals surface area contributed by atoms with Gasteiger partial charge >= 0.3 is 11.6 Å².